The molecule has 3 N–H and O–H groups in total. The molecule has 1 atom stereocenters. The third kappa shape index (κ3) is 7.57. The van der Waals surface area contributed by atoms with Crippen molar-refractivity contribution in [2.75, 3.05) is 23.3 Å². The molecule has 1 aromatic carbocycles. The van der Waals surface area contributed by atoms with Crippen LogP contribution in [0.4, 0.5) is 11.6 Å². The number of fused-ring (bicyclic) bond motifs is 1. The maximum atomic E-state index is 13.1. The minimum absolute atomic E-state index is 0.0234. The molecule has 1 saturated carbocycles. The first-order chi connectivity index (χ1) is 17.7. The number of nitrogens with zero attached hydrogens (tertiary/aromatic N) is 2. The highest BCUT2D eigenvalue weighted by atomic mass is 16.6. The molecule has 0 saturated heterocycles. The van der Waals surface area contributed by atoms with E-state index >= 15 is 0 Å². The van der Waals surface area contributed by atoms with Crippen molar-refractivity contribution in [2.24, 2.45) is 5.92 Å². The summed E-state index contributed by atoms with van der Waals surface area (Å²) in [7, 11) is 0. The van der Waals surface area contributed by atoms with E-state index in [0.717, 1.165) is 37.2 Å². The molecule has 2 aliphatic rings. The molecule has 1 aliphatic carbocycles. The second kappa shape index (κ2) is 11.8. The van der Waals surface area contributed by atoms with E-state index < -0.39 is 5.60 Å². The van der Waals surface area contributed by atoms with Crippen LogP contribution in [0.5, 0.6) is 0 Å². The highest BCUT2D eigenvalue weighted by Gasteiger charge is 2.31. The largest absolute Gasteiger partial charge is 0.460 e. The number of aromatic nitrogens is 2. The second-order valence-corrected chi connectivity index (χ2v) is 11.2. The maximum Gasteiger partial charge on any atom is 0.306 e. The van der Waals surface area contributed by atoms with E-state index in [2.05, 4.69) is 20.6 Å². The minimum Gasteiger partial charge on any atom is -0.460 e. The van der Waals surface area contributed by atoms with Crippen molar-refractivity contribution in [3.63, 3.8) is 0 Å². The van der Waals surface area contributed by atoms with E-state index in [-0.39, 0.29) is 43.1 Å². The summed E-state index contributed by atoms with van der Waals surface area (Å²) in [4.78, 5) is 47.4. The average molecular weight is 510 g/mol. The van der Waals surface area contributed by atoms with Crippen molar-refractivity contribution in [2.45, 2.75) is 83.3 Å². The Labute approximate surface area is 218 Å². The number of esters is 1. The lowest BCUT2D eigenvalue weighted by molar-refractivity contribution is -0.155. The van der Waals surface area contributed by atoms with E-state index in [1.165, 1.54) is 0 Å². The number of aromatic amines is 1. The minimum atomic E-state index is -0.559. The summed E-state index contributed by atoms with van der Waals surface area (Å²) >= 11 is 0. The van der Waals surface area contributed by atoms with Gasteiger partial charge in [0.2, 0.25) is 11.8 Å². The Kier molecular flexibility index (Phi) is 8.51. The highest BCUT2D eigenvalue weighted by Crippen LogP contribution is 2.37. The summed E-state index contributed by atoms with van der Waals surface area (Å²) in [5.41, 5.74) is 1.06. The molecule has 9 heteroatoms. The zero-order chi connectivity index (χ0) is 26.4. The molecular formula is C28H39N5O4. The lowest BCUT2D eigenvalue weighted by Crippen LogP contribution is -2.42. The number of ether oxygens (including phenoxy) is 1. The normalized spacial score (nSPS) is 22.1. The molecule has 1 aliphatic heterocycles. The zero-order valence-corrected chi connectivity index (χ0v) is 22.1. The fraction of sp³-hybridized carbons (Fsp3) is 0.571. The lowest BCUT2D eigenvalue weighted by atomic mass is 9.86. The molecule has 9 nitrogen and oxygen atoms in total. The van der Waals surface area contributed by atoms with Gasteiger partial charge in [-0.15, -0.1) is 0 Å². The summed E-state index contributed by atoms with van der Waals surface area (Å²) in [6.07, 6.45) is 8.67. The number of nitrogens with one attached hydrogen (secondary N) is 3. The van der Waals surface area contributed by atoms with E-state index in [1.54, 1.807) is 17.3 Å². The molecule has 2 aromatic rings. The Bertz CT molecular complexity index is 1070. The topological polar surface area (TPSA) is 116 Å². The molecule has 0 spiro atoms. The van der Waals surface area contributed by atoms with Crippen LogP contribution in [0.3, 0.4) is 0 Å². The average Bonchev–Trinajstić information content (AvgIpc) is 3.32. The highest BCUT2D eigenvalue weighted by molar-refractivity contribution is 6.00. The second-order valence-electron chi connectivity index (χ2n) is 11.2. The van der Waals surface area contributed by atoms with Gasteiger partial charge in [-0.05, 0) is 76.3 Å². The van der Waals surface area contributed by atoms with Crippen molar-refractivity contribution in [3.8, 4) is 0 Å². The van der Waals surface area contributed by atoms with Gasteiger partial charge < -0.3 is 25.3 Å². The van der Waals surface area contributed by atoms with Gasteiger partial charge in [-0.1, -0.05) is 18.2 Å². The van der Waals surface area contributed by atoms with Gasteiger partial charge in [0.25, 0.3) is 0 Å². The number of rotatable bonds is 8. The van der Waals surface area contributed by atoms with Gasteiger partial charge in [0.1, 0.15) is 12.1 Å². The summed E-state index contributed by atoms with van der Waals surface area (Å²) < 4.78 is 5.53. The number of hydrogen-bond donors (Lipinski definition) is 3. The summed E-state index contributed by atoms with van der Waals surface area (Å²) in [6, 6.07) is 7.97. The van der Waals surface area contributed by atoms with Crippen LogP contribution in [0, 0.1) is 5.92 Å². The number of anilines is 2. The Morgan fingerprint density at radius 1 is 1.14 bits per heavy atom. The SMILES string of the molecule is CC(C)(C)OC(=O)CC1CCC(=O)N(CC(=O)NCC2CCC(Nc3ncc[nH]3)CC2)c2ccccc21. The summed E-state index contributed by atoms with van der Waals surface area (Å²) in [6.45, 7) is 6.12. The molecule has 0 radical (unpaired) electrons. The monoisotopic (exact) mass is 509 g/mol. The molecule has 200 valence electrons. The van der Waals surface area contributed by atoms with Gasteiger partial charge in [-0.2, -0.15) is 0 Å². The molecule has 1 unspecified atom stereocenters. The van der Waals surface area contributed by atoms with Gasteiger partial charge >= 0.3 is 5.97 Å². The van der Waals surface area contributed by atoms with Crippen molar-refractivity contribution >= 4 is 29.4 Å². The first-order valence-electron chi connectivity index (χ1n) is 13.3. The van der Waals surface area contributed by atoms with E-state index in [9.17, 15) is 14.4 Å². The number of carbonyl (C=O) groups is 3. The number of H-pyrrole nitrogens is 1. The molecule has 4 rings (SSSR count). The fourth-order valence-electron chi connectivity index (χ4n) is 5.28. The number of para-hydroxylation sites is 1. The molecule has 1 fully saturated rings. The molecular weight excluding hydrogens is 470 g/mol. The van der Waals surface area contributed by atoms with Gasteiger partial charge in [0.05, 0.1) is 6.42 Å². The number of amides is 2. The lowest BCUT2D eigenvalue weighted by Gasteiger charge is -2.29. The van der Waals surface area contributed by atoms with Crippen LogP contribution in [0.2, 0.25) is 0 Å². The van der Waals surface area contributed by atoms with Crippen molar-refractivity contribution < 1.29 is 19.1 Å². The maximum absolute atomic E-state index is 13.1. The van der Waals surface area contributed by atoms with E-state index in [1.807, 2.05) is 45.0 Å². The van der Waals surface area contributed by atoms with Crippen LogP contribution in [-0.4, -0.2) is 52.5 Å². The van der Waals surface area contributed by atoms with Crippen LogP contribution >= 0.6 is 0 Å². The third-order valence-corrected chi connectivity index (χ3v) is 7.08. The van der Waals surface area contributed by atoms with E-state index in [0.29, 0.717) is 30.6 Å². The first-order valence-corrected chi connectivity index (χ1v) is 13.3. The Hall–Kier alpha value is -3.36. The molecule has 0 bridgehead atoms. The third-order valence-electron chi connectivity index (χ3n) is 7.08. The Morgan fingerprint density at radius 2 is 1.89 bits per heavy atom. The molecule has 37 heavy (non-hydrogen) atoms. The van der Waals surface area contributed by atoms with Crippen LogP contribution in [0.25, 0.3) is 0 Å². The quantitative estimate of drug-likeness (QED) is 0.461. The van der Waals surface area contributed by atoms with Gasteiger partial charge in [-0.25, -0.2) is 4.98 Å². The molecule has 2 amide bonds. The smallest absolute Gasteiger partial charge is 0.306 e. The Balaban J connectivity index is 1.31. The molecule has 1 aromatic heterocycles. The fourth-order valence-corrected chi connectivity index (χ4v) is 5.28. The first kappa shape index (κ1) is 26.7. The standard InChI is InChI=1S/C28H39N5O4/c1-28(2,3)37-26(36)16-20-10-13-25(35)33(23-7-5-4-6-22(20)23)18-24(34)31-17-19-8-11-21(12-9-19)32-27-29-14-15-30-27/h4-7,14-15,19-21H,8-13,16-18H2,1-3H3,(H,31,34)(H2,29,30,32). The predicted octanol–water partition coefficient (Wildman–Crippen LogP) is 4.14. The van der Waals surface area contributed by atoms with Crippen molar-refractivity contribution in [1.29, 1.82) is 0 Å². The zero-order valence-electron chi connectivity index (χ0n) is 22.1. The van der Waals surface area contributed by atoms with Crippen LogP contribution < -0.4 is 15.5 Å². The van der Waals surface area contributed by atoms with Crippen LogP contribution in [0.15, 0.2) is 36.7 Å². The number of hydrogen-bond acceptors (Lipinski definition) is 6. The number of benzene rings is 1. The van der Waals surface area contributed by atoms with Crippen LogP contribution in [0.1, 0.15) is 77.2 Å². The van der Waals surface area contributed by atoms with Crippen LogP contribution in [-0.2, 0) is 19.1 Å². The van der Waals surface area contributed by atoms with Crippen molar-refractivity contribution in [1.82, 2.24) is 15.3 Å². The van der Waals surface area contributed by atoms with E-state index in [4.69, 9.17) is 4.74 Å². The number of imidazole rings is 1. The molecule has 2 heterocycles. The summed E-state index contributed by atoms with van der Waals surface area (Å²) in [5.74, 6) is 0.549. The number of carbonyl (C=O) groups excluding carboxylic acids is 3. The van der Waals surface area contributed by atoms with Gasteiger partial charge in [0, 0.05) is 37.1 Å². The summed E-state index contributed by atoms with van der Waals surface area (Å²) in [5, 5.41) is 6.47. The van der Waals surface area contributed by atoms with Crippen molar-refractivity contribution in [3.05, 3.63) is 42.2 Å². The van der Waals surface area contributed by atoms with Gasteiger partial charge in [0.15, 0.2) is 5.95 Å². The Morgan fingerprint density at radius 3 is 2.59 bits per heavy atom. The van der Waals surface area contributed by atoms with Gasteiger partial charge in [-0.3, -0.25) is 14.4 Å². The predicted molar refractivity (Wildman–Crippen MR) is 142 cm³/mol.